The summed E-state index contributed by atoms with van der Waals surface area (Å²) in [5.74, 6) is 2.87. The van der Waals surface area contributed by atoms with E-state index in [1.807, 2.05) is 20.8 Å². The van der Waals surface area contributed by atoms with Gasteiger partial charge in [-0.05, 0) is 81.0 Å². The molecule has 0 spiro atoms. The van der Waals surface area contributed by atoms with Crippen LogP contribution in [-0.2, 0) is 20.8 Å². The fourth-order valence-electron chi connectivity index (χ4n) is 7.48. The zero-order valence-corrected chi connectivity index (χ0v) is 34.9. The first kappa shape index (κ1) is 47.3. The summed E-state index contributed by atoms with van der Waals surface area (Å²) in [5, 5.41) is 28.2. The fraction of sp³-hybridized carbons (Fsp3) is 0.721. The van der Waals surface area contributed by atoms with Crippen LogP contribution >= 0.6 is 0 Å². The lowest BCUT2D eigenvalue weighted by molar-refractivity contribution is -0.140. The molecule has 310 valence electrons. The minimum atomic E-state index is -1.24. The number of carboxylic acid groups (broad SMARTS) is 3. The zero-order chi connectivity index (χ0) is 41.3. The standard InChI is InChI=1S/C43H69N3O9/c1-10-43(21-14-19-32(6)18-13-17-31(5)16-12-15-30(3)4)22-20-36-35(9)40(33(7)34(8)41(36)55-43)54-42(53)46(29-39(51)52)26-25-45(28-38(49)50)24-23-44(11-2)27-37(47)48/h1,30-32H,11-29H2,2-9H3,(H,47,48)(H,49,50)(H,51,52). The van der Waals surface area contributed by atoms with Crippen molar-refractivity contribution in [3.63, 3.8) is 0 Å². The Morgan fingerprint density at radius 2 is 1.29 bits per heavy atom. The third-order valence-corrected chi connectivity index (χ3v) is 11.2. The topological polar surface area (TPSA) is 157 Å². The molecule has 1 amide bonds. The minimum absolute atomic E-state index is 0.0407. The molecule has 3 N–H and O–H groups in total. The third kappa shape index (κ3) is 16.1. The normalized spacial score (nSPS) is 16.3. The van der Waals surface area contributed by atoms with Crippen LogP contribution in [-0.4, -0.2) is 112 Å². The van der Waals surface area contributed by atoms with Crippen molar-refractivity contribution >= 4 is 24.0 Å². The molecule has 1 aromatic rings. The van der Waals surface area contributed by atoms with Crippen molar-refractivity contribution in [3.8, 4) is 23.8 Å². The maximum absolute atomic E-state index is 13.6. The van der Waals surface area contributed by atoms with Gasteiger partial charge in [-0.15, -0.1) is 6.42 Å². The van der Waals surface area contributed by atoms with Gasteiger partial charge in [0.05, 0.1) is 13.1 Å². The highest BCUT2D eigenvalue weighted by molar-refractivity contribution is 5.79. The van der Waals surface area contributed by atoms with Crippen LogP contribution in [0.1, 0.15) is 121 Å². The van der Waals surface area contributed by atoms with E-state index in [9.17, 15) is 29.4 Å². The number of ether oxygens (including phenoxy) is 2. The Bertz CT molecular complexity index is 1470. The number of rotatable bonds is 26. The maximum atomic E-state index is 13.6. The van der Waals surface area contributed by atoms with E-state index in [2.05, 4.69) is 33.6 Å². The Balaban J connectivity index is 2.10. The smallest absolute Gasteiger partial charge is 0.415 e. The largest absolute Gasteiger partial charge is 0.480 e. The predicted molar refractivity (Wildman–Crippen MR) is 215 cm³/mol. The molecule has 12 nitrogen and oxygen atoms in total. The number of carbonyl (C=O) groups is 4. The van der Waals surface area contributed by atoms with Gasteiger partial charge in [0.25, 0.3) is 0 Å². The summed E-state index contributed by atoms with van der Waals surface area (Å²) in [5.41, 5.74) is 2.40. The van der Waals surface area contributed by atoms with Crippen LogP contribution in [0.15, 0.2) is 0 Å². The fourth-order valence-corrected chi connectivity index (χ4v) is 7.48. The number of aliphatic carboxylic acids is 3. The molecule has 1 aliphatic heterocycles. The lowest BCUT2D eigenvalue weighted by Crippen LogP contribution is -2.46. The number of carboxylic acids is 3. The average molecular weight is 772 g/mol. The first-order valence-corrected chi connectivity index (χ1v) is 20.3. The van der Waals surface area contributed by atoms with E-state index >= 15 is 0 Å². The van der Waals surface area contributed by atoms with E-state index in [4.69, 9.17) is 21.0 Å². The van der Waals surface area contributed by atoms with Gasteiger partial charge >= 0.3 is 24.0 Å². The van der Waals surface area contributed by atoms with Gasteiger partial charge in [-0.1, -0.05) is 85.5 Å². The van der Waals surface area contributed by atoms with Gasteiger partial charge in [-0.2, -0.15) is 0 Å². The second-order valence-electron chi connectivity index (χ2n) is 16.2. The van der Waals surface area contributed by atoms with Gasteiger partial charge < -0.3 is 24.8 Å². The van der Waals surface area contributed by atoms with Crippen molar-refractivity contribution in [1.82, 2.24) is 14.7 Å². The molecule has 1 aromatic carbocycles. The second-order valence-corrected chi connectivity index (χ2v) is 16.2. The molecule has 1 aliphatic rings. The molecule has 55 heavy (non-hydrogen) atoms. The lowest BCUT2D eigenvalue weighted by atomic mass is 9.83. The third-order valence-electron chi connectivity index (χ3n) is 11.2. The van der Waals surface area contributed by atoms with Crippen molar-refractivity contribution in [2.45, 2.75) is 132 Å². The Morgan fingerprint density at radius 1 is 0.764 bits per heavy atom. The second kappa shape index (κ2) is 23.3. The maximum Gasteiger partial charge on any atom is 0.415 e. The lowest BCUT2D eigenvalue weighted by Gasteiger charge is -2.37. The molecule has 2 rings (SSSR count). The SMILES string of the molecule is C#CC1(CCCC(C)CCCC(C)CCCC(C)C)CCc2c(C)c(OC(=O)N(CCN(CCN(CC)CC(=O)O)CC(=O)O)CC(=O)O)c(C)c(C)c2O1. The summed E-state index contributed by atoms with van der Waals surface area (Å²) in [6, 6.07) is 0. The Hall–Kier alpha value is -3.82. The number of hydrogen-bond acceptors (Lipinski definition) is 8. The first-order chi connectivity index (χ1) is 25.9. The molecule has 12 heteroatoms. The summed E-state index contributed by atoms with van der Waals surface area (Å²) in [6.07, 6.45) is 17.1. The molecular formula is C43H69N3O9. The molecule has 0 bridgehead atoms. The van der Waals surface area contributed by atoms with Crippen molar-refractivity contribution in [3.05, 3.63) is 22.3 Å². The Kier molecular flexibility index (Phi) is 20.0. The van der Waals surface area contributed by atoms with Gasteiger partial charge in [0.2, 0.25) is 0 Å². The van der Waals surface area contributed by atoms with Gasteiger partial charge in [-0.25, -0.2) is 4.79 Å². The Morgan fingerprint density at radius 3 is 1.84 bits per heavy atom. The molecular weight excluding hydrogens is 702 g/mol. The summed E-state index contributed by atoms with van der Waals surface area (Å²) >= 11 is 0. The molecule has 0 aromatic heterocycles. The van der Waals surface area contributed by atoms with Crippen molar-refractivity contribution < 1.29 is 44.0 Å². The number of hydrogen-bond donors (Lipinski definition) is 3. The predicted octanol–water partition coefficient (Wildman–Crippen LogP) is 7.43. The number of benzene rings is 1. The van der Waals surface area contributed by atoms with E-state index in [1.54, 1.807) is 16.7 Å². The number of fused-ring (bicyclic) bond motifs is 1. The molecule has 3 atom stereocenters. The molecule has 3 unspecified atom stereocenters. The number of carbonyl (C=O) groups excluding carboxylic acids is 1. The number of amides is 1. The molecule has 1 heterocycles. The van der Waals surface area contributed by atoms with Crippen molar-refractivity contribution in [2.75, 3.05) is 52.4 Å². The van der Waals surface area contributed by atoms with E-state index < -0.39 is 36.1 Å². The van der Waals surface area contributed by atoms with Gasteiger partial charge in [-0.3, -0.25) is 29.1 Å². The van der Waals surface area contributed by atoms with E-state index in [0.29, 0.717) is 42.4 Å². The quantitative estimate of drug-likeness (QED) is 0.0805. The summed E-state index contributed by atoms with van der Waals surface area (Å²) in [6.45, 7) is 16.4. The van der Waals surface area contributed by atoms with Crippen LogP contribution in [0.3, 0.4) is 0 Å². The summed E-state index contributed by atoms with van der Waals surface area (Å²) < 4.78 is 12.6. The van der Waals surface area contributed by atoms with Crippen molar-refractivity contribution in [1.29, 1.82) is 0 Å². The number of terminal acetylenes is 1. The van der Waals surface area contributed by atoms with Gasteiger partial charge in [0.15, 0.2) is 5.60 Å². The van der Waals surface area contributed by atoms with Crippen LogP contribution in [0.25, 0.3) is 0 Å². The average Bonchev–Trinajstić information content (AvgIpc) is 3.11. The highest BCUT2D eigenvalue weighted by Crippen LogP contribution is 2.45. The molecule has 0 saturated heterocycles. The van der Waals surface area contributed by atoms with E-state index in [-0.39, 0.29) is 39.3 Å². The van der Waals surface area contributed by atoms with E-state index in [1.165, 1.54) is 38.5 Å². The van der Waals surface area contributed by atoms with Crippen LogP contribution in [0.4, 0.5) is 4.79 Å². The first-order valence-electron chi connectivity index (χ1n) is 20.3. The highest BCUT2D eigenvalue weighted by Gasteiger charge is 2.37. The molecule has 0 aliphatic carbocycles. The minimum Gasteiger partial charge on any atom is -0.480 e. The van der Waals surface area contributed by atoms with Crippen LogP contribution < -0.4 is 9.47 Å². The molecule has 0 fully saturated rings. The van der Waals surface area contributed by atoms with Gasteiger partial charge in [0, 0.05) is 38.2 Å². The molecule has 0 saturated carbocycles. The number of nitrogens with zero attached hydrogens (tertiary/aromatic N) is 3. The summed E-state index contributed by atoms with van der Waals surface area (Å²) in [7, 11) is 0. The zero-order valence-electron chi connectivity index (χ0n) is 34.9. The highest BCUT2D eigenvalue weighted by atomic mass is 16.6. The molecule has 0 radical (unpaired) electrons. The van der Waals surface area contributed by atoms with Gasteiger partial charge in [0.1, 0.15) is 18.0 Å². The van der Waals surface area contributed by atoms with Crippen LogP contribution in [0, 0.1) is 50.9 Å². The Labute approximate surface area is 329 Å². The number of likely N-dealkylation sites (N-methyl/N-ethyl adjacent to an activating group) is 1. The monoisotopic (exact) mass is 772 g/mol. The van der Waals surface area contributed by atoms with Crippen molar-refractivity contribution in [2.24, 2.45) is 17.8 Å². The van der Waals surface area contributed by atoms with Crippen LogP contribution in [0.5, 0.6) is 11.5 Å². The van der Waals surface area contributed by atoms with Crippen LogP contribution in [0.2, 0.25) is 0 Å². The van der Waals surface area contributed by atoms with E-state index in [0.717, 1.165) is 52.7 Å². The summed E-state index contributed by atoms with van der Waals surface area (Å²) in [4.78, 5) is 52.3.